The number of hydrogen-bond acceptors (Lipinski definition) is 7. The molecule has 0 heterocycles. The molecule has 148 valence electrons. The van der Waals surface area contributed by atoms with Gasteiger partial charge in [0, 0.05) is 11.0 Å². The van der Waals surface area contributed by atoms with Crippen molar-refractivity contribution in [1.29, 1.82) is 0 Å². The summed E-state index contributed by atoms with van der Waals surface area (Å²) in [6.07, 6.45) is 0. The number of rotatable bonds is 9. The van der Waals surface area contributed by atoms with E-state index in [1.165, 1.54) is 32.9 Å². The van der Waals surface area contributed by atoms with Crippen molar-refractivity contribution in [3.63, 3.8) is 0 Å². The van der Waals surface area contributed by atoms with E-state index in [4.69, 9.17) is 14.2 Å². The summed E-state index contributed by atoms with van der Waals surface area (Å²) in [7, 11) is 2.99. The summed E-state index contributed by atoms with van der Waals surface area (Å²) in [6.45, 7) is 1.01. The van der Waals surface area contributed by atoms with Crippen molar-refractivity contribution in [2.45, 2.75) is 11.8 Å². The average molecular weight is 403 g/mol. The maximum atomic E-state index is 12.3. The lowest BCUT2D eigenvalue weighted by atomic mass is 10.2. The molecule has 28 heavy (non-hydrogen) atoms. The van der Waals surface area contributed by atoms with Crippen LogP contribution in [0.2, 0.25) is 0 Å². The number of amides is 1. The van der Waals surface area contributed by atoms with E-state index >= 15 is 0 Å². The van der Waals surface area contributed by atoms with Crippen LogP contribution in [0.1, 0.15) is 17.3 Å². The molecular weight excluding hydrogens is 382 g/mol. The van der Waals surface area contributed by atoms with Crippen LogP contribution in [0.15, 0.2) is 47.4 Å². The van der Waals surface area contributed by atoms with Gasteiger partial charge in [-0.3, -0.25) is 9.59 Å². The van der Waals surface area contributed by atoms with Crippen molar-refractivity contribution in [2.75, 3.05) is 31.9 Å². The van der Waals surface area contributed by atoms with Crippen LogP contribution in [0.25, 0.3) is 0 Å². The summed E-state index contributed by atoms with van der Waals surface area (Å²) < 4.78 is 15.4. The quantitative estimate of drug-likeness (QED) is 0.508. The maximum absolute atomic E-state index is 12.3. The minimum absolute atomic E-state index is 0.000199. The van der Waals surface area contributed by atoms with E-state index in [9.17, 15) is 14.4 Å². The van der Waals surface area contributed by atoms with E-state index in [1.54, 1.807) is 42.5 Å². The molecule has 0 unspecified atom stereocenters. The molecule has 0 saturated heterocycles. The van der Waals surface area contributed by atoms with E-state index < -0.39 is 18.5 Å². The Hall–Kier alpha value is -3.00. The van der Waals surface area contributed by atoms with Crippen LogP contribution in [0.5, 0.6) is 11.5 Å². The molecule has 0 aliphatic rings. The van der Waals surface area contributed by atoms with Gasteiger partial charge in [-0.15, -0.1) is 11.8 Å². The Bertz CT molecular complexity index is 868. The van der Waals surface area contributed by atoms with Gasteiger partial charge in [-0.2, -0.15) is 0 Å². The SMILES string of the molecule is COc1ccc(OC)c(NC(=O)COC(=O)c2ccccc2SCC(C)=O)c1. The Morgan fingerprint density at radius 1 is 1.04 bits per heavy atom. The highest BCUT2D eigenvalue weighted by Crippen LogP contribution is 2.29. The van der Waals surface area contributed by atoms with Crippen molar-refractivity contribution >= 4 is 35.1 Å². The number of anilines is 1. The van der Waals surface area contributed by atoms with Crippen LogP contribution in [-0.4, -0.2) is 44.2 Å². The van der Waals surface area contributed by atoms with E-state index in [2.05, 4.69) is 5.32 Å². The normalized spacial score (nSPS) is 10.1. The van der Waals surface area contributed by atoms with Gasteiger partial charge in [0.15, 0.2) is 6.61 Å². The molecule has 2 aromatic rings. The molecule has 0 saturated carbocycles. The van der Waals surface area contributed by atoms with Crippen LogP contribution in [0, 0.1) is 0 Å². The third-order valence-corrected chi connectivity index (χ3v) is 4.77. The zero-order chi connectivity index (χ0) is 20.5. The Balaban J connectivity index is 2.00. The summed E-state index contributed by atoms with van der Waals surface area (Å²) in [6, 6.07) is 11.7. The van der Waals surface area contributed by atoms with Crippen molar-refractivity contribution < 1.29 is 28.6 Å². The lowest BCUT2D eigenvalue weighted by Gasteiger charge is -2.12. The number of thioether (sulfide) groups is 1. The molecular formula is C20H21NO6S. The standard InChI is InChI=1S/C20H21NO6S/c1-13(22)12-28-18-7-5-4-6-15(18)20(24)27-11-19(23)21-16-10-14(25-2)8-9-17(16)26-3/h4-10H,11-12H2,1-3H3,(H,21,23). The number of nitrogens with one attached hydrogen (secondary N) is 1. The van der Waals surface area contributed by atoms with Gasteiger partial charge in [-0.1, -0.05) is 12.1 Å². The second kappa shape index (κ2) is 10.4. The Labute approximate surface area is 167 Å². The summed E-state index contributed by atoms with van der Waals surface area (Å²) in [5.74, 6) is 0.0874. The van der Waals surface area contributed by atoms with Gasteiger partial charge in [-0.25, -0.2) is 4.79 Å². The van der Waals surface area contributed by atoms with Crippen LogP contribution >= 0.6 is 11.8 Å². The molecule has 0 aliphatic heterocycles. The molecule has 8 heteroatoms. The minimum atomic E-state index is -0.639. The molecule has 0 fully saturated rings. The largest absolute Gasteiger partial charge is 0.497 e. The highest BCUT2D eigenvalue weighted by Gasteiger charge is 2.16. The second-order valence-corrected chi connectivity index (χ2v) is 6.69. The van der Waals surface area contributed by atoms with Gasteiger partial charge in [0.25, 0.3) is 5.91 Å². The predicted molar refractivity (Wildman–Crippen MR) is 106 cm³/mol. The molecule has 2 rings (SSSR count). The summed E-state index contributed by atoms with van der Waals surface area (Å²) >= 11 is 1.25. The molecule has 0 bridgehead atoms. The van der Waals surface area contributed by atoms with Crippen LogP contribution in [0.3, 0.4) is 0 Å². The van der Waals surface area contributed by atoms with Gasteiger partial charge < -0.3 is 19.5 Å². The first-order chi connectivity index (χ1) is 13.4. The number of benzene rings is 2. The monoisotopic (exact) mass is 403 g/mol. The fourth-order valence-corrected chi connectivity index (χ4v) is 3.09. The van der Waals surface area contributed by atoms with Crippen molar-refractivity contribution in [3.05, 3.63) is 48.0 Å². The number of methoxy groups -OCH3 is 2. The molecule has 0 aromatic heterocycles. The van der Waals surface area contributed by atoms with Crippen LogP contribution in [-0.2, 0) is 14.3 Å². The summed E-state index contributed by atoms with van der Waals surface area (Å²) in [4.78, 5) is 36.3. The first-order valence-electron chi connectivity index (χ1n) is 8.35. The topological polar surface area (TPSA) is 90.9 Å². The van der Waals surface area contributed by atoms with Crippen molar-refractivity contribution in [1.82, 2.24) is 0 Å². The fraction of sp³-hybridized carbons (Fsp3) is 0.250. The van der Waals surface area contributed by atoms with Gasteiger partial charge >= 0.3 is 5.97 Å². The molecule has 0 aliphatic carbocycles. The molecule has 7 nitrogen and oxygen atoms in total. The van der Waals surface area contributed by atoms with Crippen LogP contribution < -0.4 is 14.8 Å². The highest BCUT2D eigenvalue weighted by atomic mass is 32.2. The Kier molecular flexibility index (Phi) is 7.88. The average Bonchev–Trinajstić information content (AvgIpc) is 2.70. The zero-order valence-electron chi connectivity index (χ0n) is 15.8. The molecule has 0 spiro atoms. The molecule has 1 amide bonds. The third-order valence-electron chi connectivity index (χ3n) is 3.55. The van der Waals surface area contributed by atoms with Crippen LogP contribution in [0.4, 0.5) is 5.69 Å². The number of carbonyl (C=O) groups is 3. The number of Topliss-reactive ketones (excluding diaryl/α,β-unsaturated/α-hetero) is 1. The molecule has 0 atom stereocenters. The van der Waals surface area contributed by atoms with Crippen molar-refractivity contribution in [2.24, 2.45) is 0 Å². The Morgan fingerprint density at radius 3 is 2.46 bits per heavy atom. The van der Waals surface area contributed by atoms with Gasteiger partial charge in [0.2, 0.25) is 0 Å². The zero-order valence-corrected chi connectivity index (χ0v) is 16.6. The number of ketones is 1. The first-order valence-corrected chi connectivity index (χ1v) is 9.33. The number of esters is 1. The maximum Gasteiger partial charge on any atom is 0.339 e. The highest BCUT2D eigenvalue weighted by molar-refractivity contribution is 8.00. The Morgan fingerprint density at radius 2 is 1.79 bits per heavy atom. The second-order valence-electron chi connectivity index (χ2n) is 5.68. The first kappa shape index (κ1) is 21.3. The summed E-state index contributed by atoms with van der Waals surface area (Å²) in [5, 5.41) is 2.63. The molecule has 0 radical (unpaired) electrons. The summed E-state index contributed by atoms with van der Waals surface area (Å²) in [5.41, 5.74) is 0.709. The van der Waals surface area contributed by atoms with E-state index in [-0.39, 0.29) is 11.5 Å². The lowest BCUT2D eigenvalue weighted by Crippen LogP contribution is -2.21. The van der Waals surface area contributed by atoms with E-state index in [0.29, 0.717) is 27.6 Å². The van der Waals surface area contributed by atoms with Crippen molar-refractivity contribution in [3.8, 4) is 11.5 Å². The lowest BCUT2D eigenvalue weighted by molar-refractivity contribution is -0.119. The minimum Gasteiger partial charge on any atom is -0.497 e. The van der Waals surface area contributed by atoms with Gasteiger partial charge in [-0.05, 0) is 31.2 Å². The molecule has 1 N–H and O–H groups in total. The van der Waals surface area contributed by atoms with Gasteiger partial charge in [0.1, 0.15) is 17.3 Å². The molecule has 2 aromatic carbocycles. The smallest absolute Gasteiger partial charge is 0.339 e. The van der Waals surface area contributed by atoms with E-state index in [0.717, 1.165) is 0 Å². The van der Waals surface area contributed by atoms with E-state index in [1.807, 2.05) is 0 Å². The third kappa shape index (κ3) is 6.02. The predicted octanol–water partition coefficient (Wildman–Crippen LogP) is 3.18. The number of hydrogen-bond donors (Lipinski definition) is 1. The fourth-order valence-electron chi connectivity index (χ4n) is 2.25. The van der Waals surface area contributed by atoms with Gasteiger partial charge in [0.05, 0.1) is 31.2 Å². The number of carbonyl (C=O) groups excluding carboxylic acids is 3. The number of ether oxygens (including phenoxy) is 3.